The predicted octanol–water partition coefficient (Wildman–Crippen LogP) is 2.19. The van der Waals surface area contributed by atoms with Gasteiger partial charge in [-0.25, -0.2) is 9.18 Å². The number of benzene rings is 1. The number of imide groups is 1. The normalized spacial score (nSPS) is 12.1. The van der Waals surface area contributed by atoms with Gasteiger partial charge in [0.2, 0.25) is 0 Å². The molecule has 0 unspecified atom stereocenters. The summed E-state index contributed by atoms with van der Waals surface area (Å²) in [7, 11) is 0. The number of rotatable bonds is 4. The zero-order valence-corrected chi connectivity index (χ0v) is 12.0. The van der Waals surface area contributed by atoms with E-state index in [0.29, 0.717) is 4.47 Å². The Labute approximate surface area is 118 Å². The molecule has 0 radical (unpaired) electrons. The van der Waals surface area contributed by atoms with Crippen LogP contribution in [0.15, 0.2) is 22.7 Å². The predicted molar refractivity (Wildman–Crippen MR) is 71.1 cm³/mol. The molecule has 1 aromatic rings. The van der Waals surface area contributed by atoms with E-state index in [1.807, 2.05) is 5.32 Å². The van der Waals surface area contributed by atoms with Crippen molar-refractivity contribution in [1.82, 2.24) is 5.32 Å². The van der Waals surface area contributed by atoms with E-state index in [2.05, 4.69) is 15.9 Å². The Morgan fingerprint density at radius 2 is 2.05 bits per heavy atom. The highest BCUT2D eigenvalue weighted by Gasteiger charge is 2.26. The summed E-state index contributed by atoms with van der Waals surface area (Å²) in [5.74, 6) is -1.64. The van der Waals surface area contributed by atoms with Crippen molar-refractivity contribution in [2.45, 2.75) is 20.0 Å². The fourth-order valence-corrected chi connectivity index (χ4v) is 1.73. The molecule has 0 spiro atoms. The Morgan fingerprint density at radius 1 is 1.42 bits per heavy atom. The zero-order valence-electron chi connectivity index (χ0n) is 10.4. The number of nitrogens with two attached hydrogens (primary N) is 1. The number of urea groups is 1. The van der Waals surface area contributed by atoms with Crippen LogP contribution in [0.25, 0.3) is 0 Å². The van der Waals surface area contributed by atoms with Gasteiger partial charge in [-0.1, -0.05) is 29.8 Å². The molecule has 0 heterocycles. The van der Waals surface area contributed by atoms with Gasteiger partial charge in [0, 0.05) is 4.47 Å². The summed E-state index contributed by atoms with van der Waals surface area (Å²) in [5.41, 5.74) is 4.87. The molecule has 1 aromatic carbocycles. The summed E-state index contributed by atoms with van der Waals surface area (Å²) in [6, 6.07) is 3.22. The topological polar surface area (TPSA) is 81.4 Å². The number of hydrogen-bond donors (Lipinski definition) is 2. The summed E-state index contributed by atoms with van der Waals surface area (Å²) < 4.78 is 19.5. The van der Waals surface area contributed by atoms with Crippen molar-refractivity contribution >= 4 is 27.9 Å². The van der Waals surface area contributed by atoms with Crippen LogP contribution in [0.5, 0.6) is 5.75 Å². The molecule has 0 fully saturated rings. The Bertz CT molecular complexity index is 494. The second-order valence-electron chi connectivity index (χ2n) is 4.21. The number of carbonyl (C=O) groups excluding carboxylic acids is 2. The summed E-state index contributed by atoms with van der Waals surface area (Å²) in [4.78, 5) is 22.4. The van der Waals surface area contributed by atoms with Gasteiger partial charge in [0.1, 0.15) is 0 Å². The largest absolute Gasteiger partial charge is 0.477 e. The van der Waals surface area contributed by atoms with Crippen molar-refractivity contribution in [1.29, 1.82) is 0 Å². The van der Waals surface area contributed by atoms with Crippen molar-refractivity contribution in [3.05, 3.63) is 28.5 Å². The highest BCUT2D eigenvalue weighted by Crippen LogP contribution is 2.23. The number of hydrogen-bond acceptors (Lipinski definition) is 3. The van der Waals surface area contributed by atoms with Crippen LogP contribution in [0.1, 0.15) is 13.8 Å². The Balaban J connectivity index is 2.89. The van der Waals surface area contributed by atoms with Crippen molar-refractivity contribution in [3.63, 3.8) is 0 Å². The molecule has 0 saturated heterocycles. The lowest BCUT2D eigenvalue weighted by atomic mass is 10.1. The van der Waals surface area contributed by atoms with Gasteiger partial charge in [-0.15, -0.1) is 0 Å². The highest BCUT2D eigenvalue weighted by molar-refractivity contribution is 9.10. The number of amides is 3. The first kappa shape index (κ1) is 15.4. The molecule has 0 aliphatic rings. The first-order chi connectivity index (χ1) is 8.81. The lowest BCUT2D eigenvalue weighted by Gasteiger charge is -2.21. The first-order valence-corrected chi connectivity index (χ1v) is 6.32. The third-order valence-corrected chi connectivity index (χ3v) is 2.75. The molecular formula is C12H14BrFN2O3. The van der Waals surface area contributed by atoms with E-state index in [1.54, 1.807) is 19.9 Å². The average molecular weight is 333 g/mol. The van der Waals surface area contributed by atoms with Crippen LogP contribution in [0.3, 0.4) is 0 Å². The second kappa shape index (κ2) is 6.51. The van der Waals surface area contributed by atoms with Crippen LogP contribution in [0.4, 0.5) is 9.18 Å². The molecule has 5 nitrogen and oxygen atoms in total. The maximum Gasteiger partial charge on any atom is 0.318 e. The monoisotopic (exact) mass is 332 g/mol. The van der Waals surface area contributed by atoms with Crippen LogP contribution in [-0.4, -0.2) is 18.0 Å². The van der Waals surface area contributed by atoms with E-state index in [0.717, 1.165) is 0 Å². The van der Waals surface area contributed by atoms with Gasteiger partial charge in [0.05, 0.1) is 0 Å². The number of primary amides is 1. The first-order valence-electron chi connectivity index (χ1n) is 5.53. The minimum Gasteiger partial charge on any atom is -0.477 e. The van der Waals surface area contributed by atoms with Gasteiger partial charge in [-0.2, -0.15) is 0 Å². The minimum absolute atomic E-state index is 0.0680. The maximum atomic E-state index is 13.6. The summed E-state index contributed by atoms with van der Waals surface area (Å²) in [5, 5.41) is 1.92. The molecule has 19 heavy (non-hydrogen) atoms. The molecule has 0 aliphatic heterocycles. The summed E-state index contributed by atoms with van der Waals surface area (Å²) in [6.45, 7) is 3.42. The fraction of sp³-hybridized carbons (Fsp3) is 0.333. The van der Waals surface area contributed by atoms with Crippen molar-refractivity contribution < 1.29 is 18.7 Å². The molecule has 3 amide bonds. The van der Waals surface area contributed by atoms with Gasteiger partial charge in [0.15, 0.2) is 17.7 Å². The standard InChI is InChI=1S/C12H14BrFN2O3/c1-6(2)10(11(17)16-12(15)18)19-9-4-3-7(13)5-8(9)14/h3-6,10H,1-2H3,(H3,15,16,17,18)/t10-/m0/s1. The summed E-state index contributed by atoms with van der Waals surface area (Å²) in [6.07, 6.45) is -1.01. The quantitative estimate of drug-likeness (QED) is 0.886. The van der Waals surface area contributed by atoms with E-state index in [9.17, 15) is 14.0 Å². The number of halogens is 2. The second-order valence-corrected chi connectivity index (χ2v) is 5.13. The van der Waals surface area contributed by atoms with Crippen molar-refractivity contribution in [2.75, 3.05) is 0 Å². The van der Waals surface area contributed by atoms with Crippen LogP contribution < -0.4 is 15.8 Å². The van der Waals surface area contributed by atoms with Crippen LogP contribution >= 0.6 is 15.9 Å². The Morgan fingerprint density at radius 3 is 2.53 bits per heavy atom. The van der Waals surface area contributed by atoms with Gasteiger partial charge >= 0.3 is 6.03 Å². The third kappa shape index (κ3) is 4.51. The van der Waals surface area contributed by atoms with E-state index >= 15 is 0 Å². The van der Waals surface area contributed by atoms with Gasteiger partial charge in [-0.05, 0) is 24.1 Å². The SMILES string of the molecule is CC(C)[C@H](Oc1ccc(Br)cc1F)C(=O)NC(N)=O. The molecule has 0 bridgehead atoms. The average Bonchev–Trinajstić information content (AvgIpc) is 2.26. The number of carbonyl (C=O) groups is 2. The van der Waals surface area contributed by atoms with Gasteiger partial charge < -0.3 is 10.5 Å². The van der Waals surface area contributed by atoms with Crippen LogP contribution in [0, 0.1) is 11.7 Å². The van der Waals surface area contributed by atoms with Crippen LogP contribution in [-0.2, 0) is 4.79 Å². The molecule has 3 N–H and O–H groups in total. The molecule has 0 aromatic heterocycles. The smallest absolute Gasteiger partial charge is 0.318 e. The molecule has 0 aliphatic carbocycles. The van der Waals surface area contributed by atoms with Crippen molar-refractivity contribution in [2.24, 2.45) is 11.7 Å². The summed E-state index contributed by atoms with van der Waals surface area (Å²) >= 11 is 3.12. The highest BCUT2D eigenvalue weighted by atomic mass is 79.9. The lowest BCUT2D eigenvalue weighted by Crippen LogP contribution is -2.46. The van der Waals surface area contributed by atoms with Crippen molar-refractivity contribution in [3.8, 4) is 5.75 Å². The molecular weight excluding hydrogens is 319 g/mol. The van der Waals surface area contributed by atoms with Gasteiger partial charge in [-0.3, -0.25) is 10.1 Å². The molecule has 7 heteroatoms. The Kier molecular flexibility index (Phi) is 5.29. The fourth-order valence-electron chi connectivity index (χ4n) is 1.39. The molecule has 0 saturated carbocycles. The molecule has 1 rings (SSSR count). The van der Waals surface area contributed by atoms with Gasteiger partial charge in [0.25, 0.3) is 5.91 Å². The van der Waals surface area contributed by atoms with E-state index in [-0.39, 0.29) is 11.7 Å². The Hall–Kier alpha value is -1.63. The minimum atomic E-state index is -1.01. The molecule has 104 valence electrons. The van der Waals surface area contributed by atoms with Crippen LogP contribution in [0.2, 0.25) is 0 Å². The van der Waals surface area contributed by atoms with E-state index < -0.39 is 23.9 Å². The van der Waals surface area contributed by atoms with E-state index in [1.165, 1.54) is 12.1 Å². The maximum absolute atomic E-state index is 13.6. The number of nitrogens with one attached hydrogen (secondary N) is 1. The lowest BCUT2D eigenvalue weighted by molar-refractivity contribution is -0.128. The molecule has 1 atom stereocenters. The number of ether oxygens (including phenoxy) is 1. The van der Waals surface area contributed by atoms with E-state index in [4.69, 9.17) is 10.5 Å². The third-order valence-electron chi connectivity index (χ3n) is 2.26. The zero-order chi connectivity index (χ0) is 14.6.